The van der Waals surface area contributed by atoms with E-state index in [0.29, 0.717) is 12.8 Å². The van der Waals surface area contributed by atoms with Crippen LogP contribution in [0.25, 0.3) is 0 Å². The molecule has 0 saturated carbocycles. The van der Waals surface area contributed by atoms with Crippen molar-refractivity contribution in [3.05, 3.63) is 85.1 Å². The molecule has 4 heteroatoms. The maximum atomic E-state index is 12.1. The first kappa shape index (κ1) is 36.6. The van der Waals surface area contributed by atoms with Crippen LogP contribution in [0.3, 0.4) is 0 Å². The summed E-state index contributed by atoms with van der Waals surface area (Å²) in [5.41, 5.74) is 0. The molecule has 0 aromatic carbocycles. The molecule has 0 aromatic heterocycles. The van der Waals surface area contributed by atoms with Crippen LogP contribution in [0, 0.1) is 0 Å². The lowest BCUT2D eigenvalue weighted by Crippen LogP contribution is -2.45. The fourth-order valence-electron chi connectivity index (χ4n) is 3.81. The molecule has 2 unspecified atom stereocenters. The zero-order valence-corrected chi connectivity index (χ0v) is 24.9. The van der Waals surface area contributed by atoms with Crippen LogP contribution in [0.2, 0.25) is 0 Å². The number of allylic oxidation sites excluding steroid dienone is 14. The van der Waals surface area contributed by atoms with Crippen LogP contribution >= 0.6 is 0 Å². The van der Waals surface area contributed by atoms with Gasteiger partial charge in [-0.2, -0.15) is 0 Å². The number of hydrogen-bond donors (Lipinski definition) is 3. The van der Waals surface area contributed by atoms with E-state index in [9.17, 15) is 15.0 Å². The Morgan fingerprint density at radius 1 is 0.641 bits per heavy atom. The van der Waals surface area contributed by atoms with Crippen LogP contribution in [0.4, 0.5) is 0 Å². The third-order valence-electron chi connectivity index (χ3n) is 6.17. The first-order valence-electron chi connectivity index (χ1n) is 15.3. The topological polar surface area (TPSA) is 69.6 Å². The van der Waals surface area contributed by atoms with Crippen LogP contribution in [0.1, 0.15) is 110 Å². The van der Waals surface area contributed by atoms with E-state index in [1.54, 1.807) is 0 Å². The minimum atomic E-state index is -0.683. The summed E-state index contributed by atoms with van der Waals surface area (Å²) in [6, 6.07) is -0.567. The van der Waals surface area contributed by atoms with Gasteiger partial charge in [0.1, 0.15) is 0 Å². The number of hydrogen-bond acceptors (Lipinski definition) is 3. The number of carbonyl (C=O) groups excluding carboxylic acids is 1. The molecule has 0 spiro atoms. The molecule has 220 valence electrons. The lowest BCUT2D eigenvalue weighted by Gasteiger charge is -2.22. The smallest absolute Gasteiger partial charge is 0.220 e. The predicted octanol–water partition coefficient (Wildman–Crippen LogP) is 8.61. The van der Waals surface area contributed by atoms with Crippen molar-refractivity contribution in [2.24, 2.45) is 0 Å². The SMILES string of the molecule is CC/C=C\C/C=C\C/C=C\C/C=C\C/C=C\C/C=C\C/C=C\CCCC(=O)NC(CO)C(O)CCCCCC. The molecule has 3 N–H and O–H groups in total. The summed E-state index contributed by atoms with van der Waals surface area (Å²) >= 11 is 0. The normalized spacial score (nSPS) is 14.5. The van der Waals surface area contributed by atoms with Crippen molar-refractivity contribution >= 4 is 5.91 Å². The quantitative estimate of drug-likeness (QED) is 0.0803. The average molecular weight is 540 g/mol. The van der Waals surface area contributed by atoms with E-state index in [1.165, 1.54) is 0 Å². The molecular formula is C35H57NO3. The molecule has 0 bridgehead atoms. The van der Waals surface area contributed by atoms with Crippen molar-refractivity contribution in [3.63, 3.8) is 0 Å². The number of unbranched alkanes of at least 4 members (excludes halogenated alkanes) is 4. The molecule has 4 nitrogen and oxygen atoms in total. The minimum absolute atomic E-state index is 0.105. The van der Waals surface area contributed by atoms with Gasteiger partial charge < -0.3 is 15.5 Å². The maximum absolute atomic E-state index is 12.1. The Morgan fingerprint density at radius 3 is 1.54 bits per heavy atom. The van der Waals surface area contributed by atoms with Gasteiger partial charge in [0.05, 0.1) is 18.8 Å². The maximum Gasteiger partial charge on any atom is 0.220 e. The summed E-state index contributed by atoms with van der Waals surface area (Å²) in [5.74, 6) is -0.105. The molecule has 0 fully saturated rings. The van der Waals surface area contributed by atoms with Crippen LogP contribution in [0.5, 0.6) is 0 Å². The van der Waals surface area contributed by atoms with Crippen LogP contribution in [-0.4, -0.2) is 34.9 Å². The number of amides is 1. The number of rotatable bonds is 25. The third kappa shape index (κ3) is 26.9. The zero-order valence-electron chi connectivity index (χ0n) is 24.9. The van der Waals surface area contributed by atoms with Crippen molar-refractivity contribution in [1.29, 1.82) is 0 Å². The zero-order chi connectivity index (χ0) is 28.7. The number of aliphatic hydroxyl groups excluding tert-OH is 2. The van der Waals surface area contributed by atoms with Crippen LogP contribution < -0.4 is 5.32 Å². The molecule has 0 aromatic rings. The van der Waals surface area contributed by atoms with E-state index in [0.717, 1.165) is 83.5 Å². The molecule has 39 heavy (non-hydrogen) atoms. The molecule has 0 aliphatic rings. The molecule has 0 aliphatic heterocycles. The van der Waals surface area contributed by atoms with Gasteiger partial charge in [-0.05, 0) is 64.2 Å². The van der Waals surface area contributed by atoms with Gasteiger partial charge in [-0.25, -0.2) is 0 Å². The van der Waals surface area contributed by atoms with Crippen molar-refractivity contribution in [3.8, 4) is 0 Å². The van der Waals surface area contributed by atoms with Crippen LogP contribution in [0.15, 0.2) is 85.1 Å². The van der Waals surface area contributed by atoms with Crippen molar-refractivity contribution in [2.45, 2.75) is 122 Å². The highest BCUT2D eigenvalue weighted by atomic mass is 16.3. The standard InChI is InChI=1S/C35H57NO3/c1-3-5-7-9-10-11-12-13-14-15-16-17-18-19-20-21-22-23-24-25-26-27-29-31-35(39)36-33(32-37)34(38)30-28-8-6-4-2/h5,7,10-11,13-14,16-17,19-20,22-23,25-26,33-34,37-38H,3-4,6,8-9,12,15,18,21,24,27-32H2,1-2H3,(H,36,39)/b7-5-,11-10-,14-13-,17-16-,20-19-,23-22-,26-25-. The Bertz CT molecular complexity index is 758. The lowest BCUT2D eigenvalue weighted by molar-refractivity contribution is -0.123. The average Bonchev–Trinajstić information content (AvgIpc) is 2.94. The first-order valence-corrected chi connectivity index (χ1v) is 15.3. The van der Waals surface area contributed by atoms with Gasteiger partial charge in [0.25, 0.3) is 0 Å². The summed E-state index contributed by atoms with van der Waals surface area (Å²) in [6.07, 6.45) is 43.8. The first-order chi connectivity index (χ1) is 19.2. The third-order valence-corrected chi connectivity index (χ3v) is 6.17. The monoisotopic (exact) mass is 539 g/mol. The van der Waals surface area contributed by atoms with E-state index in [2.05, 4.69) is 104 Å². The van der Waals surface area contributed by atoms with Gasteiger partial charge in [-0.15, -0.1) is 0 Å². The van der Waals surface area contributed by atoms with E-state index < -0.39 is 12.1 Å². The molecule has 0 saturated heterocycles. The van der Waals surface area contributed by atoms with Crippen molar-refractivity contribution < 1.29 is 15.0 Å². The van der Waals surface area contributed by atoms with Gasteiger partial charge in [0, 0.05) is 6.42 Å². The highest BCUT2D eigenvalue weighted by Gasteiger charge is 2.19. The Hall–Kier alpha value is -2.43. The molecule has 0 aliphatic carbocycles. The molecule has 2 atom stereocenters. The fourth-order valence-corrected chi connectivity index (χ4v) is 3.81. The van der Waals surface area contributed by atoms with E-state index in [-0.39, 0.29) is 12.5 Å². The van der Waals surface area contributed by atoms with Gasteiger partial charge in [-0.1, -0.05) is 125 Å². The van der Waals surface area contributed by atoms with Crippen molar-refractivity contribution in [1.82, 2.24) is 5.32 Å². The summed E-state index contributed by atoms with van der Waals surface area (Å²) in [4.78, 5) is 12.1. The molecule has 1 amide bonds. The molecule has 0 heterocycles. The summed E-state index contributed by atoms with van der Waals surface area (Å²) in [6.45, 7) is 4.07. The Labute approximate surface area is 240 Å². The van der Waals surface area contributed by atoms with Crippen molar-refractivity contribution in [2.75, 3.05) is 6.61 Å². The van der Waals surface area contributed by atoms with Gasteiger partial charge in [0.15, 0.2) is 0 Å². The van der Waals surface area contributed by atoms with Gasteiger partial charge >= 0.3 is 0 Å². The fraction of sp³-hybridized carbons (Fsp3) is 0.571. The number of nitrogens with one attached hydrogen (secondary N) is 1. The predicted molar refractivity (Wildman–Crippen MR) is 170 cm³/mol. The summed E-state index contributed by atoms with van der Waals surface area (Å²) in [5, 5.41) is 22.5. The highest BCUT2D eigenvalue weighted by molar-refractivity contribution is 5.76. The molecular weight excluding hydrogens is 482 g/mol. The van der Waals surface area contributed by atoms with E-state index in [1.807, 2.05) is 0 Å². The second-order valence-corrected chi connectivity index (χ2v) is 9.79. The van der Waals surface area contributed by atoms with E-state index in [4.69, 9.17) is 0 Å². The highest BCUT2D eigenvalue weighted by Crippen LogP contribution is 2.09. The summed E-state index contributed by atoms with van der Waals surface area (Å²) < 4.78 is 0. The summed E-state index contributed by atoms with van der Waals surface area (Å²) in [7, 11) is 0. The minimum Gasteiger partial charge on any atom is -0.394 e. The Balaban J connectivity index is 3.76. The largest absolute Gasteiger partial charge is 0.394 e. The number of aliphatic hydroxyl groups is 2. The number of carbonyl (C=O) groups is 1. The van der Waals surface area contributed by atoms with Crippen LogP contribution in [-0.2, 0) is 4.79 Å². The molecule has 0 radical (unpaired) electrons. The second kappa shape index (κ2) is 30.1. The second-order valence-electron chi connectivity index (χ2n) is 9.79. The van der Waals surface area contributed by atoms with Gasteiger partial charge in [-0.3, -0.25) is 4.79 Å². The van der Waals surface area contributed by atoms with Gasteiger partial charge in [0.2, 0.25) is 5.91 Å². The Kier molecular flexibility index (Phi) is 28.2. The van der Waals surface area contributed by atoms with E-state index >= 15 is 0 Å². The lowest BCUT2D eigenvalue weighted by atomic mass is 10.0. The molecule has 0 rings (SSSR count). The Morgan fingerprint density at radius 2 is 1.10 bits per heavy atom.